The summed E-state index contributed by atoms with van der Waals surface area (Å²) in [5, 5.41) is 9.21. The average Bonchev–Trinajstić information content (AvgIpc) is 2.23. The molecule has 0 heterocycles. The van der Waals surface area contributed by atoms with Crippen molar-refractivity contribution in [1.82, 2.24) is 0 Å². The van der Waals surface area contributed by atoms with Gasteiger partial charge in [-0.2, -0.15) is 0 Å². The van der Waals surface area contributed by atoms with Gasteiger partial charge in [-0.15, -0.1) is 0 Å². The van der Waals surface area contributed by atoms with Crippen molar-refractivity contribution in [2.45, 2.75) is 19.3 Å². The van der Waals surface area contributed by atoms with E-state index in [0.717, 1.165) is 19.3 Å². The van der Waals surface area contributed by atoms with Crippen molar-refractivity contribution in [3.8, 4) is 0 Å². The van der Waals surface area contributed by atoms with Crippen molar-refractivity contribution in [1.29, 1.82) is 0 Å². The van der Waals surface area contributed by atoms with Crippen LogP contribution in [-0.2, 0) is 6.42 Å². The number of hydrogen-bond acceptors (Lipinski definition) is 1. The first-order chi connectivity index (χ1) is 6.84. The molecule has 72 valence electrons. The van der Waals surface area contributed by atoms with Gasteiger partial charge in [-0.25, -0.2) is 0 Å². The largest absolute Gasteiger partial charge is 0.512 e. The highest BCUT2D eigenvalue weighted by Crippen LogP contribution is 2.19. The van der Waals surface area contributed by atoms with Crippen LogP contribution in [0.4, 0.5) is 0 Å². The molecular formula is C13H14O. The molecule has 0 radical (unpaired) electrons. The molecule has 1 aliphatic carbocycles. The number of aliphatic hydroxyl groups is 1. The first kappa shape index (κ1) is 9.07. The maximum atomic E-state index is 9.21. The predicted molar refractivity (Wildman–Crippen MR) is 58.2 cm³/mol. The first-order valence-corrected chi connectivity index (χ1v) is 4.96. The molecule has 0 saturated carbocycles. The molecule has 1 aliphatic rings. The van der Waals surface area contributed by atoms with Crippen molar-refractivity contribution in [2.24, 2.45) is 0 Å². The number of benzene rings is 1. The van der Waals surface area contributed by atoms with E-state index < -0.39 is 0 Å². The van der Waals surface area contributed by atoms with Gasteiger partial charge < -0.3 is 5.11 Å². The first-order valence-electron chi connectivity index (χ1n) is 4.96. The Morgan fingerprint density at radius 3 is 2.43 bits per heavy atom. The smallest absolute Gasteiger partial charge is 0.0925 e. The van der Waals surface area contributed by atoms with Gasteiger partial charge in [0.05, 0.1) is 5.76 Å². The van der Waals surface area contributed by atoms with E-state index in [0.29, 0.717) is 5.76 Å². The average molecular weight is 186 g/mol. The minimum atomic E-state index is 0.502. The zero-order valence-electron chi connectivity index (χ0n) is 8.11. The third-order valence-electron chi connectivity index (χ3n) is 2.49. The van der Waals surface area contributed by atoms with Crippen LogP contribution in [0.2, 0.25) is 0 Å². The molecule has 1 aromatic carbocycles. The predicted octanol–water partition coefficient (Wildman–Crippen LogP) is 3.39. The zero-order valence-corrected chi connectivity index (χ0v) is 8.11. The molecule has 2 rings (SSSR count). The maximum absolute atomic E-state index is 9.21. The van der Waals surface area contributed by atoms with E-state index in [2.05, 4.69) is 24.3 Å². The van der Waals surface area contributed by atoms with Crippen LogP contribution in [0.15, 0.2) is 53.8 Å². The topological polar surface area (TPSA) is 20.2 Å². The Kier molecular flexibility index (Phi) is 2.68. The summed E-state index contributed by atoms with van der Waals surface area (Å²) in [6.07, 6.45) is 6.62. The van der Waals surface area contributed by atoms with Crippen LogP contribution in [0.1, 0.15) is 18.4 Å². The molecule has 1 aromatic rings. The lowest BCUT2D eigenvalue weighted by Gasteiger charge is -2.10. The van der Waals surface area contributed by atoms with Gasteiger partial charge in [0.1, 0.15) is 0 Å². The summed E-state index contributed by atoms with van der Waals surface area (Å²) >= 11 is 0. The van der Waals surface area contributed by atoms with Crippen molar-refractivity contribution in [3.05, 3.63) is 59.4 Å². The van der Waals surface area contributed by atoms with Gasteiger partial charge in [0.15, 0.2) is 0 Å². The molecule has 1 N–H and O–H groups in total. The van der Waals surface area contributed by atoms with Crippen molar-refractivity contribution < 1.29 is 5.11 Å². The quantitative estimate of drug-likeness (QED) is 0.750. The van der Waals surface area contributed by atoms with E-state index in [9.17, 15) is 5.11 Å². The van der Waals surface area contributed by atoms with Gasteiger partial charge in [-0.05, 0) is 24.5 Å². The highest BCUT2D eigenvalue weighted by molar-refractivity contribution is 5.27. The second kappa shape index (κ2) is 4.14. The van der Waals surface area contributed by atoms with E-state index in [1.807, 2.05) is 18.2 Å². The summed E-state index contributed by atoms with van der Waals surface area (Å²) in [5.74, 6) is 0.502. The van der Waals surface area contributed by atoms with Crippen molar-refractivity contribution in [3.63, 3.8) is 0 Å². The van der Waals surface area contributed by atoms with E-state index in [-0.39, 0.29) is 0 Å². The third-order valence-corrected chi connectivity index (χ3v) is 2.49. The summed E-state index contributed by atoms with van der Waals surface area (Å²) < 4.78 is 0. The molecule has 0 fully saturated rings. The van der Waals surface area contributed by atoms with Gasteiger partial charge in [-0.3, -0.25) is 0 Å². The molecular weight excluding hydrogens is 172 g/mol. The van der Waals surface area contributed by atoms with Gasteiger partial charge >= 0.3 is 0 Å². The highest BCUT2D eigenvalue weighted by Gasteiger charge is 2.05. The monoisotopic (exact) mass is 186 g/mol. The van der Waals surface area contributed by atoms with Crippen LogP contribution in [0, 0.1) is 0 Å². The number of hydrogen-bond donors (Lipinski definition) is 1. The lowest BCUT2D eigenvalue weighted by Crippen LogP contribution is -1.96. The van der Waals surface area contributed by atoms with Crippen molar-refractivity contribution >= 4 is 0 Å². The minimum Gasteiger partial charge on any atom is -0.512 e. The van der Waals surface area contributed by atoms with Gasteiger partial charge in [-0.1, -0.05) is 42.0 Å². The maximum Gasteiger partial charge on any atom is 0.0925 e. The summed E-state index contributed by atoms with van der Waals surface area (Å²) in [4.78, 5) is 0. The zero-order chi connectivity index (χ0) is 9.80. The molecule has 0 bridgehead atoms. The Bertz CT molecular complexity index is 360. The fourth-order valence-electron chi connectivity index (χ4n) is 1.67. The second-order valence-electron chi connectivity index (χ2n) is 3.65. The summed E-state index contributed by atoms with van der Waals surface area (Å²) in [6.45, 7) is 0. The Labute approximate surface area is 84.4 Å². The molecule has 1 heteroatoms. The number of aliphatic hydroxyl groups excluding tert-OH is 1. The van der Waals surface area contributed by atoms with E-state index in [1.165, 1.54) is 11.1 Å². The molecule has 0 unspecified atom stereocenters. The van der Waals surface area contributed by atoms with Gasteiger partial charge in [0, 0.05) is 6.42 Å². The second-order valence-corrected chi connectivity index (χ2v) is 3.65. The molecule has 0 aromatic heterocycles. The van der Waals surface area contributed by atoms with Crippen LogP contribution in [0.5, 0.6) is 0 Å². The lowest BCUT2D eigenvalue weighted by atomic mass is 9.97. The van der Waals surface area contributed by atoms with Crippen LogP contribution in [0.25, 0.3) is 0 Å². The normalized spacial score (nSPS) is 16.0. The van der Waals surface area contributed by atoms with E-state index in [4.69, 9.17) is 0 Å². The van der Waals surface area contributed by atoms with E-state index in [1.54, 1.807) is 0 Å². The Balaban J connectivity index is 2.06. The summed E-state index contributed by atoms with van der Waals surface area (Å²) in [5.41, 5.74) is 2.74. The molecule has 0 atom stereocenters. The lowest BCUT2D eigenvalue weighted by molar-refractivity contribution is 0.385. The van der Waals surface area contributed by atoms with Gasteiger partial charge in [0.25, 0.3) is 0 Å². The van der Waals surface area contributed by atoms with Crippen molar-refractivity contribution in [2.75, 3.05) is 0 Å². The highest BCUT2D eigenvalue weighted by atomic mass is 16.3. The Hall–Kier alpha value is -1.50. The number of rotatable bonds is 2. The Morgan fingerprint density at radius 2 is 1.79 bits per heavy atom. The standard InChI is InChI=1S/C13H14O/c14-13-8-6-12(7-9-13)10-11-4-2-1-3-5-11/h1-6,8,14H,7,9-10H2. The van der Waals surface area contributed by atoms with E-state index >= 15 is 0 Å². The fraction of sp³-hybridized carbons (Fsp3) is 0.231. The van der Waals surface area contributed by atoms with Crippen LogP contribution >= 0.6 is 0 Å². The van der Waals surface area contributed by atoms with Crippen LogP contribution in [-0.4, -0.2) is 5.11 Å². The molecule has 14 heavy (non-hydrogen) atoms. The van der Waals surface area contributed by atoms with Gasteiger partial charge in [0.2, 0.25) is 0 Å². The number of allylic oxidation sites excluding steroid dienone is 4. The third kappa shape index (κ3) is 2.25. The molecule has 0 aliphatic heterocycles. The SMILES string of the molecule is OC1=CC=C(Cc2ccccc2)CC1. The molecule has 1 nitrogen and oxygen atoms in total. The minimum absolute atomic E-state index is 0.502. The van der Waals surface area contributed by atoms with Crippen LogP contribution < -0.4 is 0 Å². The fourth-order valence-corrected chi connectivity index (χ4v) is 1.67. The van der Waals surface area contributed by atoms with Crippen LogP contribution in [0.3, 0.4) is 0 Å². The molecule has 0 spiro atoms. The molecule has 0 saturated heterocycles. The molecule has 0 amide bonds. The Morgan fingerprint density at radius 1 is 1.00 bits per heavy atom. The summed E-state index contributed by atoms with van der Waals surface area (Å²) in [7, 11) is 0. The summed E-state index contributed by atoms with van der Waals surface area (Å²) in [6, 6.07) is 10.4.